The van der Waals surface area contributed by atoms with Crippen molar-refractivity contribution in [3.8, 4) is 0 Å². The van der Waals surface area contributed by atoms with Crippen LogP contribution in [0.15, 0.2) is 57.8 Å². The van der Waals surface area contributed by atoms with Gasteiger partial charge in [-0.1, -0.05) is 34.5 Å². The fourth-order valence-corrected chi connectivity index (χ4v) is 4.10. The van der Waals surface area contributed by atoms with Gasteiger partial charge in [-0.05, 0) is 31.2 Å². The Balaban J connectivity index is 1.39. The quantitative estimate of drug-likeness (QED) is 0.465. The van der Waals surface area contributed by atoms with Crippen LogP contribution < -0.4 is 10.5 Å². The molecule has 0 atom stereocenters. The number of rotatable bonds is 1. The number of hydrogen-bond acceptors (Lipinski definition) is 5. The van der Waals surface area contributed by atoms with E-state index in [-0.39, 0.29) is 0 Å². The molecule has 1 amide bonds. The van der Waals surface area contributed by atoms with Crippen molar-refractivity contribution in [3.05, 3.63) is 69.6 Å². The fraction of sp³-hybridized carbons (Fsp3) is 0.227. The second-order valence-corrected chi connectivity index (χ2v) is 7.82. The van der Waals surface area contributed by atoms with Gasteiger partial charge >= 0.3 is 6.03 Å². The second kappa shape index (κ2) is 7.18. The van der Waals surface area contributed by atoms with E-state index in [1.807, 2.05) is 25.1 Å². The molecular formula is C22H19ClN4O3. The van der Waals surface area contributed by atoms with E-state index in [1.54, 1.807) is 17.0 Å². The van der Waals surface area contributed by atoms with Gasteiger partial charge in [0.25, 0.3) is 5.56 Å². The number of carbonyl (C=O) groups excluding carboxylic acids is 1. The number of nitrogens with zero attached hydrogens (tertiary/aromatic N) is 4. The van der Waals surface area contributed by atoms with Crippen molar-refractivity contribution in [2.24, 2.45) is 0 Å². The summed E-state index contributed by atoms with van der Waals surface area (Å²) in [7, 11) is 0. The maximum absolute atomic E-state index is 12.9. The van der Waals surface area contributed by atoms with Crippen LogP contribution in [0.4, 0.5) is 10.5 Å². The Morgan fingerprint density at radius 1 is 1.03 bits per heavy atom. The number of fused-ring (bicyclic) bond motifs is 2. The van der Waals surface area contributed by atoms with Crippen LogP contribution in [0.3, 0.4) is 0 Å². The van der Waals surface area contributed by atoms with Gasteiger partial charge in [-0.15, -0.1) is 0 Å². The number of anilines is 1. The van der Waals surface area contributed by atoms with Crippen molar-refractivity contribution in [1.29, 1.82) is 0 Å². The van der Waals surface area contributed by atoms with Crippen molar-refractivity contribution in [3.63, 3.8) is 0 Å². The average Bonchev–Trinajstić information content (AvgIpc) is 3.08. The molecule has 0 saturated carbocycles. The Bertz CT molecular complexity index is 1340. The maximum Gasteiger partial charge on any atom is 0.361 e. The van der Waals surface area contributed by atoms with Crippen molar-refractivity contribution in [2.45, 2.75) is 6.92 Å². The van der Waals surface area contributed by atoms with E-state index >= 15 is 0 Å². The summed E-state index contributed by atoms with van der Waals surface area (Å²) in [6, 6.07) is 14.4. The molecule has 7 nitrogen and oxygen atoms in total. The van der Waals surface area contributed by atoms with Crippen molar-refractivity contribution < 1.29 is 9.32 Å². The number of pyridine rings is 1. The number of carbonyl (C=O) groups is 1. The van der Waals surface area contributed by atoms with Crippen molar-refractivity contribution in [1.82, 2.24) is 14.6 Å². The van der Waals surface area contributed by atoms with E-state index in [2.05, 4.69) is 22.0 Å². The summed E-state index contributed by atoms with van der Waals surface area (Å²) in [6.45, 7) is 4.26. The topological polar surface area (TPSA) is 71.6 Å². The van der Waals surface area contributed by atoms with Crippen LogP contribution in [-0.4, -0.2) is 46.8 Å². The molecule has 0 spiro atoms. The molecule has 0 bridgehead atoms. The fourth-order valence-electron chi connectivity index (χ4n) is 3.94. The SMILES string of the molecule is Cc1cc(N2CCN(C(=O)n3oc4cc(Cl)ccc4c3=O)CC2)c2ccccc2n1. The minimum atomic E-state index is -0.468. The molecule has 8 heteroatoms. The molecule has 2 aromatic heterocycles. The zero-order valence-corrected chi connectivity index (χ0v) is 17.1. The third-order valence-corrected chi connectivity index (χ3v) is 5.67. The number of para-hydroxylation sites is 1. The second-order valence-electron chi connectivity index (χ2n) is 7.39. The largest absolute Gasteiger partial charge is 0.367 e. The van der Waals surface area contributed by atoms with Gasteiger partial charge in [-0.3, -0.25) is 9.78 Å². The number of amides is 1. The first-order valence-electron chi connectivity index (χ1n) is 9.73. The van der Waals surface area contributed by atoms with E-state index in [9.17, 15) is 9.59 Å². The summed E-state index contributed by atoms with van der Waals surface area (Å²) >= 11 is 5.96. The summed E-state index contributed by atoms with van der Waals surface area (Å²) in [4.78, 5) is 34.0. The summed E-state index contributed by atoms with van der Waals surface area (Å²) in [6.07, 6.45) is 0. The molecule has 0 aliphatic carbocycles. The highest BCUT2D eigenvalue weighted by molar-refractivity contribution is 6.31. The third-order valence-electron chi connectivity index (χ3n) is 5.44. The number of aromatic nitrogens is 2. The van der Waals surface area contributed by atoms with Gasteiger partial charge in [-0.2, -0.15) is 0 Å². The Hall–Kier alpha value is -3.32. The number of piperazine rings is 1. The summed E-state index contributed by atoms with van der Waals surface area (Å²) in [5, 5.41) is 1.88. The lowest BCUT2D eigenvalue weighted by Gasteiger charge is -2.36. The molecule has 0 N–H and O–H groups in total. The van der Waals surface area contributed by atoms with Gasteiger partial charge in [0.1, 0.15) is 0 Å². The van der Waals surface area contributed by atoms with Crippen LogP contribution in [0.2, 0.25) is 5.02 Å². The Kier molecular flexibility index (Phi) is 4.47. The molecule has 1 saturated heterocycles. The van der Waals surface area contributed by atoms with Crippen LogP contribution in [0.5, 0.6) is 0 Å². The highest BCUT2D eigenvalue weighted by Crippen LogP contribution is 2.27. The number of aryl methyl sites for hydroxylation is 1. The first kappa shape index (κ1) is 18.7. The van der Waals surface area contributed by atoms with E-state index in [4.69, 9.17) is 16.1 Å². The van der Waals surface area contributed by atoms with Gasteiger partial charge in [-0.25, -0.2) is 4.79 Å². The molecule has 4 aromatic rings. The van der Waals surface area contributed by atoms with Crippen LogP contribution in [-0.2, 0) is 0 Å². The lowest BCUT2D eigenvalue weighted by atomic mass is 10.1. The molecule has 1 aliphatic rings. The highest BCUT2D eigenvalue weighted by Gasteiger charge is 2.26. The molecule has 0 radical (unpaired) electrons. The lowest BCUT2D eigenvalue weighted by Crippen LogP contribution is -2.51. The van der Waals surface area contributed by atoms with Crippen LogP contribution in [0.1, 0.15) is 5.69 Å². The zero-order valence-electron chi connectivity index (χ0n) is 16.3. The van der Waals surface area contributed by atoms with E-state index in [0.29, 0.717) is 42.2 Å². The van der Waals surface area contributed by atoms with Gasteiger partial charge in [0.2, 0.25) is 0 Å². The standard InChI is InChI=1S/C22H19ClN4O3/c1-14-12-19(16-4-2-3-5-18(16)24-14)25-8-10-26(11-9-25)22(29)27-21(28)17-7-6-15(23)13-20(17)30-27/h2-7,12-13H,8-11H2,1H3. The molecule has 0 unspecified atom stereocenters. The summed E-state index contributed by atoms with van der Waals surface area (Å²) < 4.78 is 6.31. The minimum absolute atomic E-state index is 0.304. The molecule has 2 aromatic carbocycles. The smallest absolute Gasteiger partial charge is 0.361 e. The Morgan fingerprint density at radius 2 is 1.80 bits per heavy atom. The van der Waals surface area contributed by atoms with Crippen LogP contribution in [0.25, 0.3) is 21.9 Å². The Labute approximate surface area is 177 Å². The van der Waals surface area contributed by atoms with Gasteiger partial charge < -0.3 is 14.3 Å². The monoisotopic (exact) mass is 422 g/mol. The molecule has 3 heterocycles. The van der Waals surface area contributed by atoms with Gasteiger partial charge in [0, 0.05) is 54.0 Å². The molecule has 30 heavy (non-hydrogen) atoms. The van der Waals surface area contributed by atoms with E-state index in [1.165, 1.54) is 6.07 Å². The van der Waals surface area contributed by atoms with E-state index < -0.39 is 11.6 Å². The highest BCUT2D eigenvalue weighted by atomic mass is 35.5. The molecule has 1 fully saturated rings. The predicted molar refractivity (Wildman–Crippen MR) is 117 cm³/mol. The molecule has 152 valence electrons. The van der Waals surface area contributed by atoms with Gasteiger partial charge in [0.05, 0.1) is 10.9 Å². The van der Waals surface area contributed by atoms with Crippen molar-refractivity contribution >= 4 is 45.2 Å². The third kappa shape index (κ3) is 3.11. The summed E-state index contributed by atoms with van der Waals surface area (Å²) in [5.41, 5.74) is 2.86. The number of hydrogen-bond donors (Lipinski definition) is 0. The molecule has 5 rings (SSSR count). The van der Waals surface area contributed by atoms with E-state index in [0.717, 1.165) is 27.0 Å². The predicted octanol–water partition coefficient (Wildman–Crippen LogP) is 3.89. The number of benzene rings is 2. The first-order chi connectivity index (χ1) is 14.5. The summed E-state index contributed by atoms with van der Waals surface area (Å²) in [5.74, 6) is 0. The Morgan fingerprint density at radius 3 is 2.60 bits per heavy atom. The zero-order chi connectivity index (χ0) is 20.8. The maximum atomic E-state index is 12.9. The molecular weight excluding hydrogens is 404 g/mol. The van der Waals surface area contributed by atoms with Crippen LogP contribution >= 0.6 is 11.6 Å². The number of halogens is 1. The average molecular weight is 423 g/mol. The normalized spacial score (nSPS) is 14.6. The van der Waals surface area contributed by atoms with Gasteiger partial charge in [0.15, 0.2) is 5.58 Å². The molecule has 1 aliphatic heterocycles. The van der Waals surface area contributed by atoms with Crippen LogP contribution in [0, 0.1) is 6.92 Å². The van der Waals surface area contributed by atoms with Crippen molar-refractivity contribution in [2.75, 3.05) is 31.1 Å². The minimum Gasteiger partial charge on any atom is -0.367 e. The first-order valence-corrected chi connectivity index (χ1v) is 10.1. The lowest BCUT2D eigenvalue weighted by molar-refractivity contribution is 0.168.